The molecule has 0 heterocycles. The number of para-hydroxylation sites is 1. The number of benzene rings is 1. The summed E-state index contributed by atoms with van der Waals surface area (Å²) in [4.78, 5) is 15.1. The lowest BCUT2D eigenvalue weighted by Crippen LogP contribution is -2.32. The molecule has 1 aromatic rings. The lowest BCUT2D eigenvalue weighted by Gasteiger charge is -2.10. The summed E-state index contributed by atoms with van der Waals surface area (Å²) in [5.41, 5.74) is 2.47. The first-order chi connectivity index (χ1) is 8.38. The first-order valence-corrected chi connectivity index (χ1v) is 5.04. The second-order valence-corrected chi connectivity index (χ2v) is 3.48. The zero-order valence-electron chi connectivity index (χ0n) is 9.58. The fraction of sp³-hybridized carbons (Fsp3) is 0.364. The van der Waals surface area contributed by atoms with E-state index >= 15 is 0 Å². The molecule has 0 radical (unpaired) electrons. The standard InChI is InChI=1S/C11H12F3NO3/c1-8-4-2-3-5-9(8)17-6-10(16)15-18-7-11(12,13)14/h2-5H,6-7H2,1H3,(H,15,16). The van der Waals surface area contributed by atoms with Crippen LogP contribution in [-0.2, 0) is 9.63 Å². The maximum atomic E-state index is 11.7. The molecule has 0 unspecified atom stereocenters. The van der Waals surface area contributed by atoms with Crippen LogP contribution in [-0.4, -0.2) is 25.3 Å². The third kappa shape index (κ3) is 5.53. The number of carbonyl (C=O) groups is 1. The molecule has 0 atom stereocenters. The van der Waals surface area contributed by atoms with Crippen LogP contribution in [0.1, 0.15) is 5.56 Å². The van der Waals surface area contributed by atoms with Crippen molar-refractivity contribution in [1.82, 2.24) is 5.48 Å². The van der Waals surface area contributed by atoms with Gasteiger partial charge in [-0.05, 0) is 18.6 Å². The average molecular weight is 263 g/mol. The Morgan fingerprint density at radius 1 is 1.33 bits per heavy atom. The molecule has 7 heteroatoms. The van der Waals surface area contributed by atoms with Crippen LogP contribution in [0.4, 0.5) is 13.2 Å². The molecular weight excluding hydrogens is 251 g/mol. The molecule has 0 aliphatic heterocycles. The van der Waals surface area contributed by atoms with Crippen LogP contribution in [0.2, 0.25) is 0 Å². The Bertz CT molecular complexity index is 407. The fourth-order valence-electron chi connectivity index (χ4n) is 1.09. The van der Waals surface area contributed by atoms with Gasteiger partial charge in [0.25, 0.3) is 5.91 Å². The predicted octanol–water partition coefficient (Wildman–Crippen LogP) is 1.98. The number of alkyl halides is 3. The van der Waals surface area contributed by atoms with Crippen molar-refractivity contribution in [3.05, 3.63) is 29.8 Å². The monoisotopic (exact) mass is 263 g/mol. The molecule has 4 nitrogen and oxygen atoms in total. The molecule has 18 heavy (non-hydrogen) atoms. The molecule has 0 saturated heterocycles. The van der Waals surface area contributed by atoms with E-state index in [2.05, 4.69) is 4.84 Å². The van der Waals surface area contributed by atoms with Crippen molar-refractivity contribution < 1.29 is 27.5 Å². The van der Waals surface area contributed by atoms with Gasteiger partial charge in [0.05, 0.1) is 0 Å². The van der Waals surface area contributed by atoms with Crippen LogP contribution in [0.3, 0.4) is 0 Å². The minimum atomic E-state index is -4.48. The van der Waals surface area contributed by atoms with E-state index in [0.717, 1.165) is 5.56 Å². The van der Waals surface area contributed by atoms with Crippen LogP contribution >= 0.6 is 0 Å². The summed E-state index contributed by atoms with van der Waals surface area (Å²) in [6.07, 6.45) is -4.48. The van der Waals surface area contributed by atoms with Crippen molar-refractivity contribution in [1.29, 1.82) is 0 Å². The van der Waals surface area contributed by atoms with Gasteiger partial charge in [-0.15, -0.1) is 0 Å². The van der Waals surface area contributed by atoms with Gasteiger partial charge in [-0.1, -0.05) is 18.2 Å². The second-order valence-electron chi connectivity index (χ2n) is 3.48. The maximum absolute atomic E-state index is 11.7. The minimum absolute atomic E-state index is 0.414. The van der Waals surface area contributed by atoms with E-state index in [1.807, 2.05) is 0 Å². The Morgan fingerprint density at radius 2 is 2.00 bits per heavy atom. The van der Waals surface area contributed by atoms with Gasteiger partial charge in [0, 0.05) is 0 Å². The second kappa shape index (κ2) is 6.25. The zero-order chi connectivity index (χ0) is 13.6. The number of ether oxygens (including phenoxy) is 1. The Morgan fingerprint density at radius 3 is 2.61 bits per heavy atom. The lowest BCUT2D eigenvalue weighted by atomic mass is 10.2. The highest BCUT2D eigenvalue weighted by Crippen LogP contribution is 2.16. The lowest BCUT2D eigenvalue weighted by molar-refractivity contribution is -0.192. The molecule has 0 fully saturated rings. The van der Waals surface area contributed by atoms with Crippen LogP contribution in [0.5, 0.6) is 5.75 Å². The van der Waals surface area contributed by atoms with Crippen molar-refractivity contribution >= 4 is 5.91 Å². The molecule has 0 spiro atoms. The number of hydroxylamine groups is 1. The Labute approximate surface area is 102 Å². The zero-order valence-corrected chi connectivity index (χ0v) is 9.58. The van der Waals surface area contributed by atoms with E-state index in [0.29, 0.717) is 5.75 Å². The smallest absolute Gasteiger partial charge is 0.414 e. The SMILES string of the molecule is Cc1ccccc1OCC(=O)NOCC(F)(F)F. The molecule has 1 aromatic carbocycles. The number of rotatable bonds is 5. The predicted molar refractivity (Wildman–Crippen MR) is 56.8 cm³/mol. The van der Waals surface area contributed by atoms with Crippen molar-refractivity contribution in [2.45, 2.75) is 13.1 Å². The van der Waals surface area contributed by atoms with Gasteiger partial charge < -0.3 is 4.74 Å². The van der Waals surface area contributed by atoms with Crippen LogP contribution < -0.4 is 10.2 Å². The van der Waals surface area contributed by atoms with E-state index in [-0.39, 0.29) is 0 Å². The summed E-state index contributed by atoms with van der Waals surface area (Å²) in [5.74, 6) is -0.300. The summed E-state index contributed by atoms with van der Waals surface area (Å²) in [6.45, 7) is -0.167. The molecule has 0 saturated carbocycles. The van der Waals surface area contributed by atoms with Gasteiger partial charge in [-0.25, -0.2) is 5.48 Å². The number of halogens is 3. The van der Waals surface area contributed by atoms with E-state index < -0.39 is 25.3 Å². The highest BCUT2D eigenvalue weighted by atomic mass is 19.4. The third-order valence-corrected chi connectivity index (χ3v) is 1.87. The van der Waals surface area contributed by atoms with Gasteiger partial charge in [-0.3, -0.25) is 9.63 Å². The van der Waals surface area contributed by atoms with Crippen molar-refractivity contribution in [3.63, 3.8) is 0 Å². The molecular formula is C11H12F3NO3. The quantitative estimate of drug-likeness (QED) is 0.826. The Kier molecular flexibility index (Phi) is 4.96. The fourth-order valence-corrected chi connectivity index (χ4v) is 1.09. The van der Waals surface area contributed by atoms with Crippen LogP contribution in [0.25, 0.3) is 0 Å². The third-order valence-electron chi connectivity index (χ3n) is 1.87. The average Bonchev–Trinajstić information content (AvgIpc) is 2.26. The molecule has 1 rings (SSSR count). The summed E-state index contributed by atoms with van der Waals surface area (Å²) in [5, 5.41) is 0. The Hall–Kier alpha value is -1.76. The molecule has 0 aromatic heterocycles. The van der Waals surface area contributed by atoms with E-state index in [9.17, 15) is 18.0 Å². The molecule has 100 valence electrons. The summed E-state index contributed by atoms with van der Waals surface area (Å²) < 4.78 is 40.2. The summed E-state index contributed by atoms with van der Waals surface area (Å²) in [6, 6.07) is 6.96. The molecule has 1 N–H and O–H groups in total. The molecule has 0 aliphatic rings. The van der Waals surface area contributed by atoms with Gasteiger partial charge in [0.1, 0.15) is 5.75 Å². The number of nitrogens with one attached hydrogen (secondary N) is 1. The Balaban J connectivity index is 2.28. The van der Waals surface area contributed by atoms with E-state index in [4.69, 9.17) is 4.74 Å². The van der Waals surface area contributed by atoms with Crippen molar-refractivity contribution in [2.24, 2.45) is 0 Å². The van der Waals surface area contributed by atoms with Gasteiger partial charge >= 0.3 is 6.18 Å². The maximum Gasteiger partial charge on any atom is 0.414 e. The minimum Gasteiger partial charge on any atom is -0.483 e. The number of hydrogen-bond acceptors (Lipinski definition) is 3. The topological polar surface area (TPSA) is 47.6 Å². The highest BCUT2D eigenvalue weighted by Gasteiger charge is 2.28. The first-order valence-electron chi connectivity index (χ1n) is 5.04. The number of aryl methyl sites for hydroxylation is 1. The molecule has 1 amide bonds. The van der Waals surface area contributed by atoms with E-state index in [1.165, 1.54) is 0 Å². The van der Waals surface area contributed by atoms with Gasteiger partial charge in [0.2, 0.25) is 0 Å². The molecule has 0 bridgehead atoms. The molecule has 0 aliphatic carbocycles. The normalized spacial score (nSPS) is 11.1. The van der Waals surface area contributed by atoms with Crippen LogP contribution in [0.15, 0.2) is 24.3 Å². The van der Waals surface area contributed by atoms with Gasteiger partial charge in [0.15, 0.2) is 13.2 Å². The van der Waals surface area contributed by atoms with Crippen LogP contribution in [0, 0.1) is 6.92 Å². The summed E-state index contributed by atoms with van der Waals surface area (Å²) >= 11 is 0. The number of amides is 1. The summed E-state index contributed by atoms with van der Waals surface area (Å²) in [7, 11) is 0. The van der Waals surface area contributed by atoms with Crippen molar-refractivity contribution in [2.75, 3.05) is 13.2 Å². The first kappa shape index (κ1) is 14.3. The van der Waals surface area contributed by atoms with E-state index in [1.54, 1.807) is 36.7 Å². The number of carbonyl (C=O) groups excluding carboxylic acids is 1. The highest BCUT2D eigenvalue weighted by molar-refractivity contribution is 5.76. The largest absolute Gasteiger partial charge is 0.483 e. The van der Waals surface area contributed by atoms with Gasteiger partial charge in [-0.2, -0.15) is 13.2 Å². The number of hydrogen-bond donors (Lipinski definition) is 1. The van der Waals surface area contributed by atoms with Crippen molar-refractivity contribution in [3.8, 4) is 5.75 Å².